The van der Waals surface area contributed by atoms with Crippen LogP contribution in [0.25, 0.3) is 0 Å². The smallest absolute Gasteiger partial charge is 0.421 e. The summed E-state index contributed by atoms with van der Waals surface area (Å²) in [5, 5.41) is 0. The Morgan fingerprint density at radius 1 is 1.43 bits per heavy atom. The summed E-state index contributed by atoms with van der Waals surface area (Å²) in [5.74, 6) is -0.355. The van der Waals surface area contributed by atoms with Crippen LogP contribution in [0.1, 0.15) is 12.5 Å². The molecule has 0 amide bonds. The number of rotatable bonds is 2. The molecule has 0 unspecified atom stereocenters. The van der Waals surface area contributed by atoms with Crippen molar-refractivity contribution in [2.75, 3.05) is 6.61 Å². The van der Waals surface area contributed by atoms with Crippen molar-refractivity contribution in [2.45, 2.75) is 13.1 Å². The molecule has 14 heavy (non-hydrogen) atoms. The minimum Gasteiger partial charge on any atom is -0.478 e. The van der Waals surface area contributed by atoms with Crippen molar-refractivity contribution < 1.29 is 17.9 Å². The first kappa shape index (κ1) is 11.5. The van der Waals surface area contributed by atoms with Crippen LogP contribution in [-0.2, 0) is 6.18 Å². The average molecular weight is 317 g/mol. The zero-order chi connectivity index (χ0) is 10.8. The van der Waals surface area contributed by atoms with Crippen molar-refractivity contribution in [3.63, 3.8) is 0 Å². The van der Waals surface area contributed by atoms with E-state index in [-0.39, 0.29) is 12.5 Å². The highest BCUT2D eigenvalue weighted by Crippen LogP contribution is 2.35. The van der Waals surface area contributed by atoms with Crippen LogP contribution in [0.2, 0.25) is 0 Å². The van der Waals surface area contributed by atoms with Crippen molar-refractivity contribution in [3.8, 4) is 5.88 Å². The van der Waals surface area contributed by atoms with E-state index in [0.29, 0.717) is 3.70 Å². The Morgan fingerprint density at radius 3 is 2.57 bits per heavy atom. The summed E-state index contributed by atoms with van der Waals surface area (Å²) < 4.78 is 42.4. The SMILES string of the molecule is CCOc1nc(I)ccc1C(F)(F)F. The molecule has 0 atom stereocenters. The molecule has 0 spiro atoms. The number of ether oxygens (including phenoxy) is 1. The maximum absolute atomic E-state index is 12.4. The third kappa shape index (κ3) is 2.73. The van der Waals surface area contributed by atoms with Crippen LogP contribution >= 0.6 is 22.6 Å². The Labute approximate surface area is 92.6 Å². The maximum Gasteiger partial charge on any atom is 0.421 e. The van der Waals surface area contributed by atoms with Crippen molar-refractivity contribution in [1.82, 2.24) is 4.98 Å². The molecule has 1 heterocycles. The molecule has 0 aliphatic heterocycles. The van der Waals surface area contributed by atoms with Gasteiger partial charge in [-0.25, -0.2) is 4.98 Å². The minimum atomic E-state index is -4.41. The van der Waals surface area contributed by atoms with Gasteiger partial charge in [-0.2, -0.15) is 13.2 Å². The van der Waals surface area contributed by atoms with Gasteiger partial charge in [-0.3, -0.25) is 0 Å². The second-order valence-corrected chi connectivity index (χ2v) is 3.52. The third-order valence-corrected chi connectivity index (χ3v) is 2.01. The first-order chi connectivity index (χ1) is 6.45. The van der Waals surface area contributed by atoms with Crippen molar-refractivity contribution >= 4 is 22.6 Å². The summed E-state index contributed by atoms with van der Waals surface area (Å²) in [6, 6.07) is 2.27. The Kier molecular flexibility index (Phi) is 3.57. The molecular weight excluding hydrogens is 310 g/mol. The molecule has 78 valence electrons. The fourth-order valence-corrected chi connectivity index (χ4v) is 1.28. The average Bonchev–Trinajstić information content (AvgIpc) is 2.02. The molecule has 2 nitrogen and oxygen atoms in total. The fraction of sp³-hybridized carbons (Fsp3) is 0.375. The molecule has 0 fully saturated rings. The molecule has 0 radical (unpaired) electrons. The van der Waals surface area contributed by atoms with Gasteiger partial charge in [-0.1, -0.05) is 0 Å². The summed E-state index contributed by atoms with van der Waals surface area (Å²) in [6.07, 6.45) is -4.41. The summed E-state index contributed by atoms with van der Waals surface area (Å²) in [4.78, 5) is 3.67. The van der Waals surface area contributed by atoms with Crippen molar-refractivity contribution in [1.29, 1.82) is 0 Å². The van der Waals surface area contributed by atoms with Gasteiger partial charge in [0.1, 0.15) is 9.26 Å². The van der Waals surface area contributed by atoms with Crippen LogP contribution < -0.4 is 4.74 Å². The summed E-state index contributed by atoms with van der Waals surface area (Å²) in [5.41, 5.74) is -0.834. The van der Waals surface area contributed by atoms with E-state index in [4.69, 9.17) is 4.74 Å². The zero-order valence-electron chi connectivity index (χ0n) is 7.23. The topological polar surface area (TPSA) is 22.1 Å². The number of hydrogen-bond acceptors (Lipinski definition) is 2. The predicted octanol–water partition coefficient (Wildman–Crippen LogP) is 3.10. The first-order valence-electron chi connectivity index (χ1n) is 3.81. The van der Waals surface area contributed by atoms with E-state index in [1.165, 1.54) is 6.07 Å². The highest BCUT2D eigenvalue weighted by Gasteiger charge is 2.35. The lowest BCUT2D eigenvalue weighted by Gasteiger charge is -2.11. The van der Waals surface area contributed by atoms with Gasteiger partial charge in [0.05, 0.1) is 6.61 Å². The Bertz CT molecular complexity index is 327. The molecule has 1 aromatic heterocycles. The Morgan fingerprint density at radius 2 is 2.07 bits per heavy atom. The Hall–Kier alpha value is -0.530. The summed E-state index contributed by atoms with van der Waals surface area (Å²) in [7, 11) is 0. The molecule has 1 aromatic rings. The number of pyridine rings is 1. The van der Waals surface area contributed by atoms with Gasteiger partial charge in [0, 0.05) is 0 Å². The molecule has 0 aromatic carbocycles. The zero-order valence-corrected chi connectivity index (χ0v) is 9.39. The molecule has 0 bridgehead atoms. The molecule has 0 aliphatic rings. The number of halogens is 4. The van der Waals surface area contributed by atoms with Gasteiger partial charge >= 0.3 is 6.18 Å². The van der Waals surface area contributed by atoms with Gasteiger partial charge in [0.15, 0.2) is 0 Å². The predicted molar refractivity (Wildman–Crippen MR) is 53.1 cm³/mol. The van der Waals surface area contributed by atoms with Gasteiger partial charge in [-0.05, 0) is 41.6 Å². The minimum absolute atomic E-state index is 0.163. The highest BCUT2D eigenvalue weighted by atomic mass is 127. The van der Waals surface area contributed by atoms with E-state index >= 15 is 0 Å². The van der Waals surface area contributed by atoms with Crippen molar-refractivity contribution in [3.05, 3.63) is 21.4 Å². The number of aromatic nitrogens is 1. The van der Waals surface area contributed by atoms with E-state index < -0.39 is 11.7 Å². The fourth-order valence-electron chi connectivity index (χ4n) is 0.880. The van der Waals surface area contributed by atoms with Crippen LogP contribution in [0.4, 0.5) is 13.2 Å². The highest BCUT2D eigenvalue weighted by molar-refractivity contribution is 14.1. The molecule has 0 saturated carbocycles. The molecule has 0 N–H and O–H groups in total. The summed E-state index contributed by atoms with van der Waals surface area (Å²) >= 11 is 1.83. The largest absolute Gasteiger partial charge is 0.478 e. The van der Waals surface area contributed by atoms with Crippen LogP contribution in [-0.4, -0.2) is 11.6 Å². The standard InChI is InChI=1S/C8H7F3INO/c1-2-14-7-5(8(9,10)11)3-4-6(12)13-7/h3-4H,2H2,1H3. The number of nitrogens with zero attached hydrogens (tertiary/aromatic N) is 1. The monoisotopic (exact) mass is 317 g/mol. The van der Waals surface area contributed by atoms with Gasteiger partial charge in [0.25, 0.3) is 0 Å². The van der Waals surface area contributed by atoms with E-state index in [9.17, 15) is 13.2 Å². The van der Waals surface area contributed by atoms with E-state index in [2.05, 4.69) is 4.98 Å². The first-order valence-corrected chi connectivity index (χ1v) is 4.89. The maximum atomic E-state index is 12.4. The molecular formula is C8H7F3INO. The van der Waals surface area contributed by atoms with E-state index in [1.54, 1.807) is 6.92 Å². The van der Waals surface area contributed by atoms with Crippen molar-refractivity contribution in [2.24, 2.45) is 0 Å². The molecule has 6 heteroatoms. The van der Waals surface area contributed by atoms with Crippen LogP contribution in [0.15, 0.2) is 12.1 Å². The lowest BCUT2D eigenvalue weighted by Crippen LogP contribution is -2.10. The third-order valence-electron chi connectivity index (χ3n) is 1.41. The summed E-state index contributed by atoms with van der Waals surface area (Å²) in [6.45, 7) is 1.78. The lowest BCUT2D eigenvalue weighted by atomic mass is 10.2. The Balaban J connectivity index is 3.15. The molecule has 0 aliphatic carbocycles. The van der Waals surface area contributed by atoms with Gasteiger partial charge < -0.3 is 4.74 Å². The van der Waals surface area contributed by atoms with Crippen LogP contribution in [0.3, 0.4) is 0 Å². The van der Waals surface area contributed by atoms with Gasteiger partial charge in [0.2, 0.25) is 5.88 Å². The van der Waals surface area contributed by atoms with E-state index in [0.717, 1.165) is 6.07 Å². The lowest BCUT2D eigenvalue weighted by molar-refractivity contribution is -0.139. The number of hydrogen-bond donors (Lipinski definition) is 0. The van der Waals surface area contributed by atoms with Crippen LogP contribution in [0, 0.1) is 3.70 Å². The second-order valence-electron chi connectivity index (χ2n) is 2.42. The van der Waals surface area contributed by atoms with Crippen LogP contribution in [0.5, 0.6) is 5.88 Å². The normalized spacial score (nSPS) is 11.5. The second kappa shape index (κ2) is 4.33. The quantitative estimate of drug-likeness (QED) is 0.618. The van der Waals surface area contributed by atoms with E-state index in [1.807, 2.05) is 22.6 Å². The number of alkyl halides is 3. The molecule has 0 saturated heterocycles. The molecule has 1 rings (SSSR count). The van der Waals surface area contributed by atoms with Gasteiger partial charge in [-0.15, -0.1) is 0 Å².